The average Bonchev–Trinajstić information content (AvgIpc) is 0.761. The van der Waals surface area contributed by atoms with Crippen molar-refractivity contribution in [2.45, 2.75) is 208 Å². The summed E-state index contributed by atoms with van der Waals surface area (Å²) in [7, 11) is -11.0. The second-order valence-corrected chi connectivity index (χ2v) is 46.6. The van der Waals surface area contributed by atoms with E-state index in [0.717, 1.165) is 87.8 Å². The fourth-order valence-electron chi connectivity index (χ4n) is 16.9. The number of Topliss-reactive ketones (excluding diaryl/α,β-unsaturated/α-hetero) is 1. The van der Waals surface area contributed by atoms with E-state index >= 15 is 0 Å². The van der Waals surface area contributed by atoms with Crippen LogP contribution in [0.25, 0.3) is 0 Å². The summed E-state index contributed by atoms with van der Waals surface area (Å²) in [4.78, 5) is 51.9. The van der Waals surface area contributed by atoms with Crippen molar-refractivity contribution in [2.75, 3.05) is 24.2 Å². The predicted molar refractivity (Wildman–Crippen MR) is 587 cm³/mol. The maximum Gasteiger partial charge on any atom is 0.371 e. The number of ether oxygens (including phenoxy) is 1. The molecule has 2 aliphatic rings. The number of aliphatic hydroxyl groups is 1. The number of amides is 2. The van der Waals surface area contributed by atoms with Crippen molar-refractivity contribution >= 4 is 170 Å². The van der Waals surface area contributed by atoms with Crippen LogP contribution < -0.4 is 93.9 Å². The topological polar surface area (TPSA) is 228 Å². The van der Waals surface area contributed by atoms with Crippen molar-refractivity contribution in [1.29, 1.82) is 10.8 Å². The summed E-state index contributed by atoms with van der Waals surface area (Å²) in [5, 5.41) is 41.5. The van der Waals surface area contributed by atoms with Gasteiger partial charge in [0.05, 0.1) is 24.1 Å². The van der Waals surface area contributed by atoms with Gasteiger partial charge in [0, 0.05) is 40.0 Å². The van der Waals surface area contributed by atoms with Gasteiger partial charge in [0.2, 0.25) is 5.78 Å². The molecule has 1 heterocycles. The molecule has 0 saturated heterocycles. The number of nitrogens with one attached hydrogen (secondary N) is 3. The second-order valence-electron chi connectivity index (χ2n) is 34.4. The van der Waals surface area contributed by atoms with Gasteiger partial charge in [0.25, 0.3) is 5.91 Å². The Kier molecular flexibility index (Phi) is 63.1. The van der Waals surface area contributed by atoms with Crippen LogP contribution in [0.4, 0.5) is 30.0 Å². The molecule has 6 atom stereocenters. The summed E-state index contributed by atoms with van der Waals surface area (Å²) in [6, 6.07) is 99.1. The van der Waals surface area contributed by atoms with E-state index < -0.39 is 54.5 Å². The van der Waals surface area contributed by atoms with Gasteiger partial charge in [-0.15, -0.1) is 24.8 Å². The van der Waals surface area contributed by atoms with E-state index in [-0.39, 0.29) is 95.1 Å². The first-order valence-electron chi connectivity index (χ1n) is 47.6. The molecule has 9 aromatic rings. The summed E-state index contributed by atoms with van der Waals surface area (Å²) in [5.41, 5.74) is 13.2. The van der Waals surface area contributed by atoms with E-state index in [1.165, 1.54) is 137 Å². The normalized spacial score (nSPS) is 17.4. The Morgan fingerprint density at radius 1 is 0.529 bits per heavy atom. The molecule has 8 N–H and O–H groups in total. The summed E-state index contributed by atoms with van der Waals surface area (Å²) in [6.07, 6.45) is 34.8. The number of aliphatic hydroxyl groups excluding tert-OH is 1. The fourth-order valence-corrected chi connectivity index (χ4v) is 28.4. The molecular formula is C110H143B2Br2Cl3F6N5O8P4-. The van der Waals surface area contributed by atoms with Crippen LogP contribution in [0.5, 0.6) is 0 Å². The van der Waals surface area contributed by atoms with Crippen LogP contribution in [0.1, 0.15) is 183 Å². The number of allylic oxidation sites excluding steroid dienone is 5. The van der Waals surface area contributed by atoms with Crippen molar-refractivity contribution in [3.63, 3.8) is 0 Å². The third-order valence-corrected chi connectivity index (χ3v) is 35.6. The number of halogens is 11. The molecule has 0 saturated carbocycles. The number of benzene rings is 9. The number of unbranched alkanes of at least 4 members (excludes halogenated alkanes) is 14. The number of alkyl halides is 1. The summed E-state index contributed by atoms with van der Waals surface area (Å²) >= 11 is 3.38. The van der Waals surface area contributed by atoms with Crippen molar-refractivity contribution in [3.8, 4) is 0 Å². The minimum absolute atomic E-state index is 0. The zero-order valence-corrected chi connectivity index (χ0v) is 90.8. The first-order chi connectivity index (χ1) is 65.3. The van der Waals surface area contributed by atoms with Crippen molar-refractivity contribution in [1.82, 2.24) is 5.32 Å². The number of carbonyl (C=O) groups is 4. The van der Waals surface area contributed by atoms with Gasteiger partial charge >= 0.3 is 54.0 Å². The largest absolute Gasteiger partial charge is 1.00 e. The number of nitrogens with two attached hydrogens (primary N) is 2. The maximum absolute atomic E-state index is 13.8. The van der Waals surface area contributed by atoms with E-state index in [0.29, 0.717) is 36.0 Å². The maximum atomic E-state index is 13.8. The monoisotopic (exact) mass is 2180 g/mol. The molecule has 0 fully saturated rings. The Labute approximate surface area is 871 Å². The van der Waals surface area contributed by atoms with Crippen LogP contribution in [-0.2, 0) is 28.4 Å². The summed E-state index contributed by atoms with van der Waals surface area (Å²) < 4.78 is 74.2. The Morgan fingerprint density at radius 3 is 1.23 bits per heavy atom. The minimum Gasteiger partial charge on any atom is -1.00 e. The van der Waals surface area contributed by atoms with Gasteiger partial charge in [-0.2, -0.15) is 0 Å². The SMILES string of the molecule is CCCCCCCCC1=C2C[C@@H](C)C[C@H](C)[C@H](O)[C@@H](C)/C=C(\C)[C@H](OC(N)=O)[C@@H](C)/C=C\C=C(/C)C(=O)NC(=CC1=O)C2=O.Cl.Cl.F[P-](F)(F)(F)(F)F.N=CO[B]CCCCCCBr.N=CO[B]CCCCCC[P+](c1ccccc1)(c1ccccc1)c1ccccc1.NCCCCCC[P+](c1ccccc1)(c1ccccc1)c1ccccc1.[Br-].[Cl-].c1ccc(P(c2ccccc2)c2ccccc2)cc1. The number of ketones is 2. The Hall–Kier alpha value is -8.12. The van der Waals surface area contributed by atoms with Gasteiger partial charge in [-0.25, -0.2) is 4.79 Å². The molecule has 140 heavy (non-hydrogen) atoms. The number of rotatable bonds is 40. The Bertz CT molecular complexity index is 4850. The molecule has 0 aromatic heterocycles. The van der Waals surface area contributed by atoms with Crippen LogP contribution in [-0.4, -0.2) is 92.8 Å². The molecule has 9 aromatic carbocycles. The standard InChI is InChI=1S/C36H54N2O6.C25H29BNOP.C24H29NP.C18H15P.C7H14BBrNO.BrH.3ClH.F6P/c1-8-9-10-11-12-13-17-28-29-19-22(2)18-25(5)32(40)26(6)20-27(7)34(44-36(37)43)23(3)15-14-16-24(4)35(42)38-30(33(29)41)21-31(28)39;27-22-28-26-20-12-1-2-13-21-29(23-14-6-3-7-15-23,24-16-8-4-9-17-24)25-18-10-5-11-19-25;25-20-12-1-2-13-21-26(22-14-6-3-7-15-22,23-16-8-4-9-17-23)24-18-10-5-11-19-24;1-4-10-16(11-5-1)19(17-12-6-2-7-13-17)18-14-8-3-9-15-18;9-6-4-2-1-3-5-8-11-7-10;;;;;1-7(2,3,4,5)6/h14-16,20-23,25-26,32,34,40H,8-13,17-19H2,1-7H3,(H2,37,43)(H,38,42);3-11,14-19,22,27H,1-2,12-13,20-21H2;3-11,14-19H,1-2,12-13,20-21,25H2;1-15H;7,10H,1-6H2;4*1H;/q;2*+1;;;;;;;-1/p-2/b15-14-,24-16+,27-20+;;;;;;;;;/t22-,23-,25-,26-,32-,34+;;;;;;;;;/m0........./s1. The van der Waals surface area contributed by atoms with Crippen molar-refractivity contribution < 1.29 is 92.9 Å². The smallest absolute Gasteiger partial charge is 0.371 e. The van der Waals surface area contributed by atoms with Gasteiger partial charge in [0.15, 0.2) is 5.78 Å². The van der Waals surface area contributed by atoms with Crippen LogP contribution in [0.3, 0.4) is 0 Å². The fraction of sp³-hybridized carbons (Fsp3) is 0.364. The Morgan fingerprint density at radius 2 is 0.871 bits per heavy atom. The van der Waals surface area contributed by atoms with Crippen LogP contribution in [0.15, 0.2) is 331 Å². The Balaban J connectivity index is 0.000000606. The number of fused-ring (bicyclic) bond motifs is 2. The summed E-state index contributed by atoms with van der Waals surface area (Å²) in [6.45, 7) is 14.2. The van der Waals surface area contributed by atoms with Crippen molar-refractivity contribution in [3.05, 3.63) is 331 Å². The van der Waals surface area contributed by atoms with Crippen LogP contribution in [0.2, 0.25) is 12.6 Å². The number of hydrogen-bond acceptors (Lipinski definition) is 11. The molecule has 760 valence electrons. The number of carbonyl (C=O) groups excluding carboxylic acids is 4. The van der Waals surface area contributed by atoms with Crippen LogP contribution >= 0.6 is 71.0 Å². The van der Waals surface area contributed by atoms with Gasteiger partial charge < -0.3 is 65.3 Å². The number of hydrogen-bond donors (Lipinski definition) is 6. The molecule has 13 nitrogen and oxygen atoms in total. The third kappa shape index (κ3) is 47.6. The molecular weight excluding hydrogens is 2040 g/mol. The molecule has 2 bridgehead atoms. The average molecular weight is 2190 g/mol. The van der Waals surface area contributed by atoms with Gasteiger partial charge in [0.1, 0.15) is 65.3 Å². The van der Waals surface area contributed by atoms with Gasteiger partial charge in [-0.05, 0) is 211 Å². The van der Waals surface area contributed by atoms with E-state index in [1.807, 2.05) is 40.7 Å². The zero-order chi connectivity index (χ0) is 98.9. The van der Waals surface area contributed by atoms with Gasteiger partial charge in [-0.1, -0.05) is 346 Å². The molecule has 30 heteroatoms. The van der Waals surface area contributed by atoms with Crippen molar-refractivity contribution in [2.24, 2.45) is 35.1 Å². The molecule has 1 aliphatic carbocycles. The van der Waals surface area contributed by atoms with E-state index in [9.17, 15) is 49.5 Å². The zero-order valence-electron chi connectivity index (χ0n) is 81.7. The molecule has 2 radical (unpaired) electrons. The van der Waals surface area contributed by atoms with E-state index in [1.54, 1.807) is 40.1 Å². The first kappa shape index (κ1) is 128. The molecule has 11 rings (SSSR count). The molecule has 1 aliphatic heterocycles. The first-order valence-corrected chi connectivity index (χ1v) is 56.1. The third-order valence-electron chi connectivity index (χ3n) is 23.5. The van der Waals surface area contributed by atoms with Crippen LogP contribution in [0, 0.1) is 34.5 Å². The minimum atomic E-state index is -10.7. The molecule has 0 unspecified atom stereocenters. The number of primary amides is 1. The van der Waals surface area contributed by atoms with Gasteiger partial charge in [-0.3, -0.25) is 25.2 Å². The second kappa shape index (κ2) is 69.0. The molecule has 2 amide bonds. The molecule has 0 spiro atoms. The van der Waals surface area contributed by atoms with E-state index in [2.05, 4.69) is 306 Å². The predicted octanol–water partition coefficient (Wildman–Crippen LogP) is 20.8. The van der Waals surface area contributed by atoms with E-state index in [4.69, 9.17) is 31.7 Å². The summed E-state index contributed by atoms with van der Waals surface area (Å²) in [5.74, 6) is -1.66. The quantitative estimate of drug-likeness (QED) is 0.00247.